The normalized spacial score (nSPS) is 20.7. The van der Waals surface area contributed by atoms with Crippen molar-refractivity contribution in [2.45, 2.75) is 30.7 Å². The quantitative estimate of drug-likeness (QED) is 0.843. The summed E-state index contributed by atoms with van der Waals surface area (Å²) in [6, 6.07) is 4.85. The largest absolute Gasteiger partial charge is 0.366 e. The van der Waals surface area contributed by atoms with Crippen LogP contribution in [0.15, 0.2) is 23.1 Å². The van der Waals surface area contributed by atoms with E-state index >= 15 is 0 Å². The van der Waals surface area contributed by atoms with Crippen LogP contribution in [-0.4, -0.2) is 22.8 Å². The smallest absolute Gasteiger partial charge is 0.248 e. The predicted octanol–water partition coefficient (Wildman–Crippen LogP) is 2.42. The van der Waals surface area contributed by atoms with Gasteiger partial charge in [-0.3, -0.25) is 4.79 Å². The van der Waals surface area contributed by atoms with Gasteiger partial charge in [0.15, 0.2) is 0 Å². The van der Waals surface area contributed by atoms with Crippen LogP contribution in [0.3, 0.4) is 0 Å². The number of amides is 1. The van der Waals surface area contributed by atoms with Crippen LogP contribution >= 0.6 is 11.9 Å². The van der Waals surface area contributed by atoms with Crippen LogP contribution in [0.25, 0.3) is 0 Å². The van der Waals surface area contributed by atoms with Gasteiger partial charge in [0.25, 0.3) is 0 Å². The molecule has 1 heterocycles. The number of hydrogen-bond donors (Lipinski definition) is 1. The summed E-state index contributed by atoms with van der Waals surface area (Å²) in [5.74, 6) is -0.986. The fourth-order valence-corrected chi connectivity index (χ4v) is 2.93. The molecule has 1 unspecified atom stereocenters. The first-order valence-electron chi connectivity index (χ1n) is 5.62. The Hall–Kier alpha value is -1.07. The van der Waals surface area contributed by atoms with Crippen molar-refractivity contribution in [3.05, 3.63) is 29.6 Å². The van der Waals surface area contributed by atoms with Gasteiger partial charge in [-0.15, -0.1) is 0 Å². The Morgan fingerprint density at radius 3 is 2.88 bits per heavy atom. The molecule has 1 aliphatic rings. The first kappa shape index (κ1) is 12.4. The highest BCUT2D eigenvalue weighted by Crippen LogP contribution is 2.32. The van der Waals surface area contributed by atoms with Crippen LogP contribution in [0.4, 0.5) is 4.39 Å². The molecule has 2 rings (SSSR count). The maximum absolute atomic E-state index is 13.7. The molecular formula is C12H15FN2OS. The molecule has 1 aromatic carbocycles. The van der Waals surface area contributed by atoms with Crippen molar-refractivity contribution in [2.24, 2.45) is 5.73 Å². The maximum Gasteiger partial charge on any atom is 0.248 e. The third-order valence-corrected chi connectivity index (χ3v) is 4.23. The summed E-state index contributed by atoms with van der Waals surface area (Å²) in [4.78, 5) is 11.4. The van der Waals surface area contributed by atoms with Crippen molar-refractivity contribution in [1.82, 2.24) is 4.31 Å². The molecular weight excluding hydrogens is 239 g/mol. The second kappa shape index (κ2) is 5.06. The van der Waals surface area contributed by atoms with E-state index in [9.17, 15) is 9.18 Å². The molecule has 2 N–H and O–H groups in total. The summed E-state index contributed by atoms with van der Waals surface area (Å²) in [5.41, 5.74) is 5.31. The van der Waals surface area contributed by atoms with Gasteiger partial charge in [0.05, 0.1) is 4.90 Å². The fraction of sp³-hybridized carbons (Fsp3) is 0.417. The predicted molar refractivity (Wildman–Crippen MR) is 66.2 cm³/mol. The highest BCUT2D eigenvalue weighted by molar-refractivity contribution is 7.97. The zero-order chi connectivity index (χ0) is 12.4. The number of hydrogen-bond acceptors (Lipinski definition) is 3. The lowest BCUT2D eigenvalue weighted by molar-refractivity contribution is 0.0999. The Balaban J connectivity index is 2.14. The Bertz CT molecular complexity index is 439. The molecule has 0 spiro atoms. The van der Waals surface area contributed by atoms with E-state index in [1.165, 1.54) is 18.0 Å². The Morgan fingerprint density at radius 1 is 1.59 bits per heavy atom. The average Bonchev–Trinajstić information content (AvgIpc) is 2.67. The topological polar surface area (TPSA) is 46.3 Å². The SMILES string of the molecule is CC1CCCN1Sc1ccc(C(N)=O)cc1F. The van der Waals surface area contributed by atoms with Gasteiger partial charge >= 0.3 is 0 Å². The Morgan fingerprint density at radius 2 is 2.35 bits per heavy atom. The molecule has 0 radical (unpaired) electrons. The molecule has 0 aromatic heterocycles. The van der Waals surface area contributed by atoms with Gasteiger partial charge in [-0.1, -0.05) is 0 Å². The molecule has 17 heavy (non-hydrogen) atoms. The monoisotopic (exact) mass is 254 g/mol. The molecule has 5 heteroatoms. The minimum atomic E-state index is -0.602. The second-order valence-corrected chi connectivity index (χ2v) is 5.32. The van der Waals surface area contributed by atoms with E-state index in [4.69, 9.17) is 5.73 Å². The lowest BCUT2D eigenvalue weighted by Crippen LogP contribution is -2.19. The number of carbonyl (C=O) groups excluding carboxylic acids is 1. The molecule has 1 saturated heterocycles. The van der Waals surface area contributed by atoms with E-state index in [1.54, 1.807) is 12.1 Å². The lowest BCUT2D eigenvalue weighted by Gasteiger charge is -2.19. The Labute approximate surface area is 104 Å². The van der Waals surface area contributed by atoms with Gasteiger partial charge < -0.3 is 5.73 Å². The van der Waals surface area contributed by atoms with Crippen molar-refractivity contribution in [3.8, 4) is 0 Å². The molecule has 1 fully saturated rings. The standard InChI is InChI=1S/C12H15FN2OS/c1-8-3-2-6-15(8)17-11-5-4-9(12(14)16)7-10(11)13/h4-5,7-8H,2-3,6H2,1H3,(H2,14,16). The van der Waals surface area contributed by atoms with Crippen molar-refractivity contribution in [2.75, 3.05) is 6.54 Å². The number of primary amides is 1. The van der Waals surface area contributed by atoms with E-state index in [0.29, 0.717) is 10.9 Å². The minimum absolute atomic E-state index is 0.210. The van der Waals surface area contributed by atoms with Crippen molar-refractivity contribution in [3.63, 3.8) is 0 Å². The van der Waals surface area contributed by atoms with Crippen LogP contribution in [0.1, 0.15) is 30.1 Å². The van der Waals surface area contributed by atoms with Gasteiger partial charge in [0.2, 0.25) is 5.91 Å². The Kier molecular flexibility index (Phi) is 3.69. The van der Waals surface area contributed by atoms with E-state index in [0.717, 1.165) is 19.4 Å². The zero-order valence-electron chi connectivity index (χ0n) is 9.65. The van der Waals surface area contributed by atoms with Crippen molar-refractivity contribution < 1.29 is 9.18 Å². The van der Waals surface area contributed by atoms with Gasteiger partial charge in [0, 0.05) is 18.2 Å². The van der Waals surface area contributed by atoms with Gasteiger partial charge in [0.1, 0.15) is 5.82 Å². The summed E-state index contributed by atoms with van der Waals surface area (Å²) >= 11 is 1.41. The number of nitrogens with zero attached hydrogens (tertiary/aromatic N) is 1. The maximum atomic E-state index is 13.7. The summed E-state index contributed by atoms with van der Waals surface area (Å²) in [6.07, 6.45) is 2.29. The van der Waals surface area contributed by atoms with Gasteiger partial charge in [-0.2, -0.15) is 0 Å². The summed E-state index contributed by atoms with van der Waals surface area (Å²) < 4.78 is 15.9. The van der Waals surface area contributed by atoms with Gasteiger partial charge in [-0.05, 0) is 49.9 Å². The van der Waals surface area contributed by atoms with Crippen LogP contribution in [0.2, 0.25) is 0 Å². The van der Waals surface area contributed by atoms with Crippen LogP contribution in [0, 0.1) is 5.82 Å². The number of halogens is 1. The fourth-order valence-electron chi connectivity index (χ4n) is 1.90. The second-order valence-electron chi connectivity index (χ2n) is 4.23. The van der Waals surface area contributed by atoms with Crippen LogP contribution in [0.5, 0.6) is 0 Å². The number of nitrogens with two attached hydrogens (primary N) is 1. The first-order valence-corrected chi connectivity index (χ1v) is 6.39. The number of carbonyl (C=O) groups is 1. The minimum Gasteiger partial charge on any atom is -0.366 e. The van der Waals surface area contributed by atoms with E-state index in [2.05, 4.69) is 11.2 Å². The highest BCUT2D eigenvalue weighted by Gasteiger charge is 2.22. The zero-order valence-corrected chi connectivity index (χ0v) is 10.5. The molecule has 1 amide bonds. The van der Waals surface area contributed by atoms with E-state index < -0.39 is 5.91 Å². The first-order chi connectivity index (χ1) is 8.08. The molecule has 92 valence electrons. The molecule has 1 atom stereocenters. The molecule has 1 aromatic rings. The third kappa shape index (κ3) is 2.79. The molecule has 0 aliphatic carbocycles. The molecule has 0 saturated carbocycles. The molecule has 0 bridgehead atoms. The number of benzene rings is 1. The van der Waals surface area contributed by atoms with Crippen molar-refractivity contribution >= 4 is 17.9 Å². The summed E-state index contributed by atoms with van der Waals surface area (Å²) in [7, 11) is 0. The van der Waals surface area contributed by atoms with E-state index in [-0.39, 0.29) is 11.4 Å². The summed E-state index contributed by atoms with van der Waals surface area (Å²) in [5, 5.41) is 0. The average molecular weight is 254 g/mol. The third-order valence-electron chi connectivity index (χ3n) is 2.92. The lowest BCUT2D eigenvalue weighted by atomic mass is 10.2. The highest BCUT2D eigenvalue weighted by atomic mass is 32.2. The van der Waals surface area contributed by atoms with Crippen molar-refractivity contribution in [1.29, 1.82) is 0 Å². The van der Waals surface area contributed by atoms with E-state index in [1.807, 2.05) is 0 Å². The van der Waals surface area contributed by atoms with Gasteiger partial charge in [-0.25, -0.2) is 8.70 Å². The van der Waals surface area contributed by atoms with Crippen LogP contribution < -0.4 is 5.73 Å². The molecule has 3 nitrogen and oxygen atoms in total. The number of rotatable bonds is 3. The van der Waals surface area contributed by atoms with Crippen LogP contribution in [-0.2, 0) is 0 Å². The summed E-state index contributed by atoms with van der Waals surface area (Å²) in [6.45, 7) is 3.11. The molecule has 1 aliphatic heterocycles.